The number of para-hydroxylation sites is 1. The number of rotatable bonds is 9. The van der Waals surface area contributed by atoms with Crippen LogP contribution in [0.25, 0.3) is 6.08 Å². The van der Waals surface area contributed by atoms with Crippen LogP contribution in [0.2, 0.25) is 0 Å². The van der Waals surface area contributed by atoms with Crippen LogP contribution in [0, 0.1) is 11.3 Å². The number of esters is 1. The first-order chi connectivity index (χ1) is 14.1. The molecule has 29 heavy (non-hydrogen) atoms. The molecule has 0 aliphatic heterocycles. The smallest absolute Gasteiger partial charge is 0.331 e. The number of benzene rings is 2. The molecular formula is C22H22N2O5. The van der Waals surface area contributed by atoms with Crippen LogP contribution in [-0.2, 0) is 14.3 Å². The lowest BCUT2D eigenvalue weighted by molar-refractivity contribution is -0.142. The van der Waals surface area contributed by atoms with Crippen molar-refractivity contribution in [3.8, 4) is 17.6 Å². The van der Waals surface area contributed by atoms with Crippen LogP contribution in [0.15, 0.2) is 54.6 Å². The maximum absolute atomic E-state index is 12.3. The Hall–Kier alpha value is -3.79. The van der Waals surface area contributed by atoms with Gasteiger partial charge in [-0.3, -0.25) is 4.79 Å². The van der Waals surface area contributed by atoms with E-state index < -0.39 is 5.97 Å². The van der Waals surface area contributed by atoms with Gasteiger partial charge in [0.1, 0.15) is 6.07 Å². The zero-order valence-electron chi connectivity index (χ0n) is 16.3. The fraction of sp³-hybridized carbons (Fsp3) is 0.227. The lowest BCUT2D eigenvalue weighted by Crippen LogP contribution is -2.34. The molecule has 0 bridgehead atoms. The molecular weight excluding hydrogens is 372 g/mol. The van der Waals surface area contributed by atoms with E-state index in [9.17, 15) is 9.59 Å². The van der Waals surface area contributed by atoms with Gasteiger partial charge >= 0.3 is 5.97 Å². The summed E-state index contributed by atoms with van der Waals surface area (Å²) >= 11 is 0. The normalized spacial score (nSPS) is 10.2. The van der Waals surface area contributed by atoms with Crippen LogP contribution in [0.1, 0.15) is 12.5 Å². The second-order valence-electron chi connectivity index (χ2n) is 5.77. The molecule has 0 aliphatic rings. The summed E-state index contributed by atoms with van der Waals surface area (Å²) in [7, 11) is 1.48. The van der Waals surface area contributed by atoms with Gasteiger partial charge in [0.2, 0.25) is 0 Å². The molecule has 1 amide bonds. The van der Waals surface area contributed by atoms with Crippen LogP contribution in [0.4, 0.5) is 5.69 Å². The third-order valence-corrected chi connectivity index (χ3v) is 3.91. The van der Waals surface area contributed by atoms with Crippen molar-refractivity contribution in [2.45, 2.75) is 6.92 Å². The largest absolute Gasteiger partial charge is 0.493 e. The quantitative estimate of drug-likeness (QED) is 0.479. The second-order valence-corrected chi connectivity index (χ2v) is 5.77. The van der Waals surface area contributed by atoms with E-state index in [1.54, 1.807) is 23.1 Å². The molecule has 0 saturated heterocycles. The van der Waals surface area contributed by atoms with Gasteiger partial charge in [-0.25, -0.2) is 4.79 Å². The first-order valence-electron chi connectivity index (χ1n) is 8.97. The average Bonchev–Trinajstić information content (AvgIpc) is 2.76. The van der Waals surface area contributed by atoms with Crippen molar-refractivity contribution in [2.24, 2.45) is 0 Å². The third kappa shape index (κ3) is 6.40. The van der Waals surface area contributed by atoms with Crippen molar-refractivity contribution < 1.29 is 23.8 Å². The number of ether oxygens (including phenoxy) is 3. The number of nitrogens with zero attached hydrogens (tertiary/aromatic N) is 2. The van der Waals surface area contributed by atoms with Crippen molar-refractivity contribution in [1.82, 2.24) is 0 Å². The number of anilines is 1. The fourth-order valence-corrected chi connectivity index (χ4v) is 2.55. The standard InChI is InChI=1S/C22H22N2O5/c1-3-24(18-7-5-4-6-8-18)21(25)16-29-22(26)12-10-17-9-11-19(28-14-13-23)20(15-17)27-2/h4-12,15H,3,14,16H2,1-2H3/b12-10+. The van der Waals surface area contributed by atoms with E-state index in [4.69, 9.17) is 19.5 Å². The number of carbonyl (C=O) groups excluding carboxylic acids is 2. The first kappa shape index (κ1) is 21.5. The predicted octanol–water partition coefficient (Wildman–Crippen LogP) is 3.21. The molecule has 0 aromatic heterocycles. The highest BCUT2D eigenvalue weighted by atomic mass is 16.5. The monoisotopic (exact) mass is 394 g/mol. The Kier molecular flexibility index (Phi) is 8.27. The topological polar surface area (TPSA) is 88.9 Å². The molecule has 2 aromatic carbocycles. The van der Waals surface area contributed by atoms with E-state index >= 15 is 0 Å². The van der Waals surface area contributed by atoms with Gasteiger partial charge in [0, 0.05) is 18.3 Å². The highest BCUT2D eigenvalue weighted by Crippen LogP contribution is 2.28. The minimum atomic E-state index is -0.633. The van der Waals surface area contributed by atoms with E-state index in [2.05, 4.69) is 0 Å². The summed E-state index contributed by atoms with van der Waals surface area (Å²) < 4.78 is 15.5. The Morgan fingerprint density at radius 3 is 2.55 bits per heavy atom. The van der Waals surface area contributed by atoms with Gasteiger partial charge in [-0.05, 0) is 42.8 Å². The maximum atomic E-state index is 12.3. The Morgan fingerprint density at radius 2 is 1.90 bits per heavy atom. The molecule has 0 atom stereocenters. The SMILES string of the molecule is CCN(C(=O)COC(=O)/C=C/c1ccc(OCC#N)c(OC)c1)c1ccccc1. The minimum Gasteiger partial charge on any atom is -0.493 e. The van der Waals surface area contributed by atoms with Gasteiger partial charge < -0.3 is 19.1 Å². The number of hydrogen-bond acceptors (Lipinski definition) is 6. The summed E-state index contributed by atoms with van der Waals surface area (Å²) in [5.41, 5.74) is 1.42. The van der Waals surface area contributed by atoms with Crippen molar-refractivity contribution in [1.29, 1.82) is 5.26 Å². The van der Waals surface area contributed by atoms with Gasteiger partial charge in [0.05, 0.1) is 7.11 Å². The van der Waals surface area contributed by atoms with Gasteiger partial charge in [-0.1, -0.05) is 24.3 Å². The average molecular weight is 394 g/mol. The molecule has 0 spiro atoms. The molecule has 0 aliphatic carbocycles. The van der Waals surface area contributed by atoms with Gasteiger partial charge in [0.15, 0.2) is 24.7 Å². The Labute approximate surface area is 169 Å². The molecule has 0 heterocycles. The molecule has 7 heteroatoms. The highest BCUT2D eigenvalue weighted by Gasteiger charge is 2.15. The van der Waals surface area contributed by atoms with E-state index in [1.165, 1.54) is 19.3 Å². The lowest BCUT2D eigenvalue weighted by Gasteiger charge is -2.20. The zero-order valence-corrected chi connectivity index (χ0v) is 16.3. The van der Waals surface area contributed by atoms with Crippen LogP contribution < -0.4 is 14.4 Å². The number of carbonyl (C=O) groups is 2. The molecule has 0 saturated carbocycles. The molecule has 2 rings (SSSR count). The van der Waals surface area contributed by atoms with Crippen LogP contribution in [-0.4, -0.2) is 38.7 Å². The second kappa shape index (κ2) is 11.1. The lowest BCUT2D eigenvalue weighted by atomic mass is 10.2. The number of methoxy groups -OCH3 is 1. The summed E-state index contributed by atoms with van der Waals surface area (Å²) in [5.74, 6) is -0.0697. The summed E-state index contributed by atoms with van der Waals surface area (Å²) in [5, 5.41) is 8.59. The first-order valence-corrected chi connectivity index (χ1v) is 8.97. The highest BCUT2D eigenvalue weighted by molar-refractivity contribution is 5.96. The van der Waals surface area contributed by atoms with E-state index in [1.807, 2.05) is 43.3 Å². The molecule has 0 unspecified atom stereocenters. The van der Waals surface area contributed by atoms with E-state index in [-0.39, 0.29) is 19.1 Å². The van der Waals surface area contributed by atoms with Gasteiger partial charge in [-0.15, -0.1) is 0 Å². The van der Waals surface area contributed by atoms with E-state index in [0.29, 0.717) is 23.6 Å². The summed E-state index contributed by atoms with van der Waals surface area (Å²) in [6, 6.07) is 16.1. The van der Waals surface area contributed by atoms with Crippen LogP contribution in [0.3, 0.4) is 0 Å². The number of hydrogen-bond donors (Lipinski definition) is 0. The van der Waals surface area contributed by atoms with E-state index in [0.717, 1.165) is 5.69 Å². The molecule has 0 fully saturated rings. The number of amides is 1. The molecule has 7 nitrogen and oxygen atoms in total. The van der Waals surface area contributed by atoms with Crippen molar-refractivity contribution in [2.75, 3.05) is 31.8 Å². The maximum Gasteiger partial charge on any atom is 0.331 e. The molecule has 0 N–H and O–H groups in total. The Balaban J connectivity index is 1.94. The van der Waals surface area contributed by atoms with Gasteiger partial charge in [-0.2, -0.15) is 5.26 Å². The van der Waals surface area contributed by atoms with Crippen molar-refractivity contribution >= 4 is 23.6 Å². The molecule has 0 radical (unpaired) electrons. The molecule has 150 valence electrons. The number of nitriles is 1. The summed E-state index contributed by atoms with van der Waals surface area (Å²) in [6.45, 7) is 1.88. The predicted molar refractivity (Wildman–Crippen MR) is 109 cm³/mol. The summed E-state index contributed by atoms with van der Waals surface area (Å²) in [6.07, 6.45) is 2.77. The zero-order chi connectivity index (χ0) is 21.1. The fourth-order valence-electron chi connectivity index (χ4n) is 2.55. The third-order valence-electron chi connectivity index (χ3n) is 3.91. The molecule has 2 aromatic rings. The van der Waals surface area contributed by atoms with Crippen LogP contribution >= 0.6 is 0 Å². The van der Waals surface area contributed by atoms with Crippen molar-refractivity contribution in [3.05, 3.63) is 60.2 Å². The van der Waals surface area contributed by atoms with Crippen LogP contribution in [0.5, 0.6) is 11.5 Å². The minimum absolute atomic E-state index is 0.0936. The number of likely N-dealkylation sites (N-methyl/N-ethyl adjacent to an activating group) is 1. The van der Waals surface area contributed by atoms with Gasteiger partial charge in [0.25, 0.3) is 5.91 Å². The Bertz CT molecular complexity index is 903. The summed E-state index contributed by atoms with van der Waals surface area (Å²) in [4.78, 5) is 25.8. The Morgan fingerprint density at radius 1 is 1.14 bits per heavy atom. The van der Waals surface area contributed by atoms with Crippen molar-refractivity contribution in [3.63, 3.8) is 0 Å².